The average Bonchev–Trinajstić information content (AvgIpc) is 3.19. The Labute approximate surface area is 139 Å². The zero-order valence-electron chi connectivity index (χ0n) is 13.5. The number of pyridine rings is 1. The van der Waals surface area contributed by atoms with Gasteiger partial charge in [0.15, 0.2) is 5.65 Å². The SMILES string of the molecule is Cc1cc(NCc2ccccn2)n2ncc(-c3ccn(C)n3)c2n1. The molecule has 120 valence electrons. The number of anilines is 1. The van der Waals surface area contributed by atoms with Crippen LogP contribution in [0, 0.1) is 6.92 Å². The van der Waals surface area contributed by atoms with Gasteiger partial charge in [-0.25, -0.2) is 4.98 Å². The fourth-order valence-electron chi connectivity index (χ4n) is 2.63. The molecule has 24 heavy (non-hydrogen) atoms. The van der Waals surface area contributed by atoms with Crippen molar-refractivity contribution in [2.75, 3.05) is 5.32 Å². The van der Waals surface area contributed by atoms with Gasteiger partial charge >= 0.3 is 0 Å². The third kappa shape index (κ3) is 2.60. The molecule has 0 spiro atoms. The van der Waals surface area contributed by atoms with E-state index in [2.05, 4.69) is 25.5 Å². The standard InChI is InChI=1S/C17H17N7/c1-12-9-16(19-10-13-5-3-4-7-18-13)24-17(21-12)14(11-20-24)15-6-8-23(2)22-15/h3-9,11,19H,10H2,1-2H3. The number of aromatic nitrogens is 6. The molecule has 4 aromatic heterocycles. The minimum absolute atomic E-state index is 0.623. The van der Waals surface area contributed by atoms with Crippen molar-refractivity contribution >= 4 is 11.5 Å². The number of rotatable bonds is 4. The maximum Gasteiger partial charge on any atom is 0.167 e. The monoisotopic (exact) mass is 319 g/mol. The zero-order chi connectivity index (χ0) is 16.5. The summed E-state index contributed by atoms with van der Waals surface area (Å²) in [5, 5.41) is 12.3. The van der Waals surface area contributed by atoms with Crippen LogP contribution in [0.25, 0.3) is 16.9 Å². The summed E-state index contributed by atoms with van der Waals surface area (Å²) in [6, 6.07) is 9.81. The van der Waals surface area contributed by atoms with E-state index in [0.717, 1.165) is 34.1 Å². The highest BCUT2D eigenvalue weighted by atomic mass is 15.3. The van der Waals surface area contributed by atoms with Crippen molar-refractivity contribution in [3.8, 4) is 11.3 Å². The molecule has 0 aliphatic carbocycles. The Kier molecular flexibility index (Phi) is 3.45. The van der Waals surface area contributed by atoms with Crippen molar-refractivity contribution in [2.45, 2.75) is 13.5 Å². The summed E-state index contributed by atoms with van der Waals surface area (Å²) >= 11 is 0. The molecule has 0 amide bonds. The predicted molar refractivity (Wildman–Crippen MR) is 91.5 cm³/mol. The van der Waals surface area contributed by atoms with Crippen molar-refractivity contribution in [1.82, 2.24) is 29.4 Å². The van der Waals surface area contributed by atoms with Crippen LogP contribution in [0.2, 0.25) is 0 Å². The molecule has 4 rings (SSSR count). The molecule has 0 fully saturated rings. The topological polar surface area (TPSA) is 72.9 Å². The van der Waals surface area contributed by atoms with Gasteiger partial charge in [-0.15, -0.1) is 0 Å². The molecular weight excluding hydrogens is 302 g/mol. The van der Waals surface area contributed by atoms with Gasteiger partial charge < -0.3 is 5.32 Å². The number of aryl methyl sites for hydroxylation is 2. The summed E-state index contributed by atoms with van der Waals surface area (Å²) in [4.78, 5) is 8.96. The lowest BCUT2D eigenvalue weighted by molar-refractivity contribution is 0.771. The summed E-state index contributed by atoms with van der Waals surface area (Å²) in [5.74, 6) is 0.880. The van der Waals surface area contributed by atoms with Gasteiger partial charge in [0.2, 0.25) is 0 Å². The van der Waals surface area contributed by atoms with Crippen LogP contribution in [0.1, 0.15) is 11.4 Å². The highest BCUT2D eigenvalue weighted by Gasteiger charge is 2.13. The lowest BCUT2D eigenvalue weighted by Gasteiger charge is -2.09. The van der Waals surface area contributed by atoms with Crippen molar-refractivity contribution in [2.24, 2.45) is 7.05 Å². The Balaban J connectivity index is 1.72. The van der Waals surface area contributed by atoms with E-state index in [1.54, 1.807) is 21.6 Å². The summed E-state index contributed by atoms with van der Waals surface area (Å²) in [7, 11) is 1.90. The Morgan fingerprint density at radius 3 is 2.88 bits per heavy atom. The average molecular weight is 319 g/mol. The van der Waals surface area contributed by atoms with Crippen LogP contribution in [-0.4, -0.2) is 29.4 Å². The normalized spacial score (nSPS) is 11.1. The Bertz CT molecular complexity index is 985. The summed E-state index contributed by atoms with van der Waals surface area (Å²) in [6.45, 7) is 2.60. The third-order valence-electron chi connectivity index (χ3n) is 3.77. The molecular formula is C17H17N7. The Morgan fingerprint density at radius 2 is 2.12 bits per heavy atom. The first-order valence-corrected chi connectivity index (χ1v) is 7.70. The highest BCUT2D eigenvalue weighted by molar-refractivity contribution is 5.75. The fraction of sp³-hybridized carbons (Fsp3) is 0.176. The lowest BCUT2D eigenvalue weighted by Crippen LogP contribution is -2.07. The van der Waals surface area contributed by atoms with Crippen LogP contribution < -0.4 is 5.32 Å². The van der Waals surface area contributed by atoms with E-state index in [0.29, 0.717) is 6.54 Å². The minimum atomic E-state index is 0.623. The number of nitrogens with zero attached hydrogens (tertiary/aromatic N) is 6. The predicted octanol–water partition coefficient (Wildman–Crippen LogP) is 2.45. The number of fused-ring (bicyclic) bond motifs is 1. The molecule has 0 aliphatic heterocycles. The molecule has 0 aliphatic rings. The molecule has 7 nitrogen and oxygen atoms in total. The molecule has 7 heteroatoms. The molecule has 0 bridgehead atoms. The van der Waals surface area contributed by atoms with Gasteiger partial charge in [0.05, 0.1) is 29.7 Å². The van der Waals surface area contributed by atoms with Crippen molar-refractivity contribution in [1.29, 1.82) is 0 Å². The first kappa shape index (κ1) is 14.4. The molecule has 0 aromatic carbocycles. The first-order valence-electron chi connectivity index (χ1n) is 7.70. The van der Waals surface area contributed by atoms with Gasteiger partial charge in [-0.1, -0.05) is 6.07 Å². The van der Waals surface area contributed by atoms with E-state index in [1.807, 2.05) is 50.5 Å². The Hall–Kier alpha value is -3.22. The quantitative estimate of drug-likeness (QED) is 0.625. The maximum atomic E-state index is 4.63. The highest BCUT2D eigenvalue weighted by Crippen LogP contribution is 2.24. The molecule has 1 N–H and O–H groups in total. The number of hydrogen-bond donors (Lipinski definition) is 1. The van der Waals surface area contributed by atoms with Crippen molar-refractivity contribution in [3.63, 3.8) is 0 Å². The molecule has 0 atom stereocenters. The smallest absolute Gasteiger partial charge is 0.167 e. The second kappa shape index (κ2) is 5.77. The van der Waals surface area contributed by atoms with Crippen molar-refractivity contribution in [3.05, 3.63) is 60.3 Å². The lowest BCUT2D eigenvalue weighted by atomic mass is 10.2. The van der Waals surface area contributed by atoms with Crippen LogP contribution in [0.4, 0.5) is 5.82 Å². The first-order chi connectivity index (χ1) is 11.7. The summed E-state index contributed by atoms with van der Waals surface area (Å²) < 4.78 is 3.58. The van der Waals surface area contributed by atoms with E-state index < -0.39 is 0 Å². The van der Waals surface area contributed by atoms with Crippen molar-refractivity contribution < 1.29 is 0 Å². The van der Waals surface area contributed by atoms with Gasteiger partial charge in [0.25, 0.3) is 0 Å². The van der Waals surface area contributed by atoms with Crippen LogP contribution in [0.3, 0.4) is 0 Å². The second-order valence-electron chi connectivity index (χ2n) is 5.63. The fourth-order valence-corrected chi connectivity index (χ4v) is 2.63. The molecule has 0 radical (unpaired) electrons. The second-order valence-corrected chi connectivity index (χ2v) is 5.63. The van der Waals surface area contributed by atoms with Gasteiger partial charge in [0.1, 0.15) is 5.82 Å². The van der Waals surface area contributed by atoms with Gasteiger partial charge in [-0.2, -0.15) is 14.7 Å². The summed E-state index contributed by atoms with van der Waals surface area (Å²) in [6.07, 6.45) is 5.50. The largest absolute Gasteiger partial charge is 0.364 e. The van der Waals surface area contributed by atoms with Crippen LogP contribution in [-0.2, 0) is 13.6 Å². The molecule has 4 aromatic rings. The number of hydrogen-bond acceptors (Lipinski definition) is 5. The van der Waals surface area contributed by atoms with Gasteiger partial charge in [-0.3, -0.25) is 9.67 Å². The van der Waals surface area contributed by atoms with Gasteiger partial charge in [-0.05, 0) is 25.1 Å². The Morgan fingerprint density at radius 1 is 1.21 bits per heavy atom. The van der Waals surface area contributed by atoms with E-state index in [1.165, 1.54) is 0 Å². The summed E-state index contributed by atoms with van der Waals surface area (Å²) in [5.41, 5.74) is 4.46. The third-order valence-corrected chi connectivity index (χ3v) is 3.77. The molecule has 0 saturated carbocycles. The van der Waals surface area contributed by atoms with Gasteiger partial charge in [0, 0.05) is 31.2 Å². The van der Waals surface area contributed by atoms with Crippen LogP contribution in [0.15, 0.2) is 48.9 Å². The zero-order valence-corrected chi connectivity index (χ0v) is 13.5. The molecule has 0 saturated heterocycles. The van der Waals surface area contributed by atoms with E-state index >= 15 is 0 Å². The van der Waals surface area contributed by atoms with Crippen LogP contribution in [0.5, 0.6) is 0 Å². The molecule has 4 heterocycles. The van der Waals surface area contributed by atoms with E-state index in [4.69, 9.17) is 0 Å². The number of nitrogens with one attached hydrogen (secondary N) is 1. The maximum absolute atomic E-state index is 4.63. The minimum Gasteiger partial charge on any atom is -0.364 e. The molecule has 0 unspecified atom stereocenters. The van der Waals surface area contributed by atoms with Crippen LogP contribution >= 0.6 is 0 Å². The van der Waals surface area contributed by atoms with E-state index in [9.17, 15) is 0 Å². The van der Waals surface area contributed by atoms with E-state index in [-0.39, 0.29) is 0 Å².